The summed E-state index contributed by atoms with van der Waals surface area (Å²) >= 11 is 0. The van der Waals surface area contributed by atoms with Crippen LogP contribution < -0.4 is 6.15 Å². The van der Waals surface area contributed by atoms with E-state index in [9.17, 15) is 0 Å². The summed E-state index contributed by atoms with van der Waals surface area (Å²) in [5.41, 5.74) is 0. The maximum atomic E-state index is 0. The molecule has 4 heavy (non-hydrogen) atoms. The van der Waals surface area contributed by atoms with E-state index in [-0.39, 0.29) is 69.1 Å². The van der Waals surface area contributed by atoms with Gasteiger partial charge in [-0.3, -0.25) is 0 Å². The van der Waals surface area contributed by atoms with Gasteiger partial charge in [-0.25, -0.2) is 0 Å². The van der Waals surface area contributed by atoms with Gasteiger partial charge in [0.15, 0.2) is 0 Å². The Morgan fingerprint density at radius 3 is 1.00 bits per heavy atom. The van der Waals surface area contributed by atoms with E-state index >= 15 is 0 Å². The van der Waals surface area contributed by atoms with Crippen molar-refractivity contribution in [1.82, 2.24) is 6.15 Å². The minimum absolute atomic E-state index is 0. The third-order valence-electron chi connectivity index (χ3n) is 0. The van der Waals surface area contributed by atoms with Crippen molar-refractivity contribution in [2.45, 2.75) is 0 Å². The zero-order valence-corrected chi connectivity index (χ0v) is 7.56. The Hall–Kier alpha value is 2.00. The van der Waals surface area contributed by atoms with Gasteiger partial charge in [-0.2, -0.15) is 0 Å². The van der Waals surface area contributed by atoms with Crippen LogP contribution in [-0.4, -0.2) is 37.2 Å². The summed E-state index contributed by atoms with van der Waals surface area (Å²) in [5.74, 6) is 0. The van der Waals surface area contributed by atoms with Gasteiger partial charge in [0.1, 0.15) is 0 Å². The quantitative estimate of drug-likeness (QED) is 0.392. The molecule has 0 aromatic heterocycles. The molecule has 0 aromatic rings. The average molecular weight is 156 g/mol. The molecule has 4 heteroatoms. The molecule has 0 aliphatic heterocycles. The second-order valence-electron chi connectivity index (χ2n) is 0. The molecule has 0 aliphatic carbocycles. The average Bonchev–Trinajstić information content (AvgIpc) is 0. The molecule has 10 radical (unpaired) electrons. The first-order valence-electron chi connectivity index (χ1n) is 0. The second kappa shape index (κ2) is 20.0. The SMILES string of the molecule is [Al].[Ga].[N].[Sc]. The number of hydrogen-bond donors (Lipinski definition) is 0. The Labute approximate surface area is 68.5 Å². The van der Waals surface area contributed by atoms with E-state index in [2.05, 4.69) is 0 Å². The smallest absolute Gasteiger partial charge is 0 e. The van der Waals surface area contributed by atoms with Crippen LogP contribution in [-0.2, 0) is 25.8 Å². The van der Waals surface area contributed by atoms with Crippen molar-refractivity contribution in [1.29, 1.82) is 0 Å². The zero-order chi connectivity index (χ0) is 0. The zero-order valence-electron chi connectivity index (χ0n) is 2.18. The Morgan fingerprint density at radius 2 is 1.00 bits per heavy atom. The third-order valence-corrected chi connectivity index (χ3v) is 0. The van der Waals surface area contributed by atoms with Gasteiger partial charge in [0.2, 0.25) is 0 Å². The van der Waals surface area contributed by atoms with Crippen molar-refractivity contribution in [3.05, 3.63) is 0 Å². The van der Waals surface area contributed by atoms with Crippen LogP contribution in [0, 0.1) is 0 Å². The van der Waals surface area contributed by atoms with Gasteiger partial charge in [0.05, 0.1) is 0 Å². The predicted molar refractivity (Wildman–Crippen MR) is 13.6 cm³/mol. The van der Waals surface area contributed by atoms with Crippen molar-refractivity contribution in [2.75, 3.05) is 0 Å². The van der Waals surface area contributed by atoms with Gasteiger partial charge in [0.25, 0.3) is 0 Å². The Balaban J connectivity index is 0. The van der Waals surface area contributed by atoms with Crippen LogP contribution in [0.4, 0.5) is 0 Å². The van der Waals surface area contributed by atoms with Gasteiger partial charge in [-0.15, -0.1) is 0 Å². The van der Waals surface area contributed by atoms with Gasteiger partial charge in [-0.1, -0.05) is 0 Å². The summed E-state index contributed by atoms with van der Waals surface area (Å²) < 4.78 is 0. The first-order valence-corrected chi connectivity index (χ1v) is 0. The number of rotatable bonds is 0. The molecule has 0 saturated carbocycles. The maximum absolute atomic E-state index is 0. The van der Waals surface area contributed by atoms with Crippen LogP contribution in [0.3, 0.4) is 0 Å². The molecule has 0 spiro atoms. The fourth-order valence-corrected chi connectivity index (χ4v) is 0. The van der Waals surface area contributed by atoms with Crippen LogP contribution in [0.15, 0.2) is 0 Å². The minimum Gasteiger partial charge on any atom is 0 e. The van der Waals surface area contributed by atoms with E-state index in [1.807, 2.05) is 0 Å². The van der Waals surface area contributed by atoms with E-state index in [1.54, 1.807) is 0 Å². The summed E-state index contributed by atoms with van der Waals surface area (Å²) in [6.45, 7) is 0. The minimum atomic E-state index is 0. The van der Waals surface area contributed by atoms with Crippen LogP contribution in [0.25, 0.3) is 0 Å². The molecule has 0 amide bonds. The fourth-order valence-electron chi connectivity index (χ4n) is 0. The molecule has 0 atom stereocenters. The topological polar surface area (TPSA) is 30.5 Å². The Kier molecular flexibility index (Phi) is 188. The first kappa shape index (κ1) is 37.5. The van der Waals surface area contributed by atoms with Crippen LogP contribution in [0.2, 0.25) is 0 Å². The molecule has 0 bridgehead atoms. The second-order valence-corrected chi connectivity index (χ2v) is 0. The van der Waals surface area contributed by atoms with Gasteiger partial charge < -0.3 is 0 Å². The molecular weight excluding hydrogens is 156 g/mol. The Bertz CT molecular complexity index is 8.00. The van der Waals surface area contributed by atoms with Crippen molar-refractivity contribution < 1.29 is 25.8 Å². The summed E-state index contributed by atoms with van der Waals surface area (Å²) in [5, 5.41) is 0. The standard InChI is InChI=1S/Al.Ga.N.Sc. The third kappa shape index (κ3) is 9.00. The van der Waals surface area contributed by atoms with Gasteiger partial charge in [-0.05, 0) is 0 Å². The Morgan fingerprint density at radius 1 is 1.00 bits per heavy atom. The predicted octanol–water partition coefficient (Wildman–Crippen LogP) is -1.24. The maximum Gasteiger partial charge on any atom is 0 e. The molecule has 0 rings (SSSR count). The molecule has 0 heterocycles. The molecule has 0 aromatic carbocycles. The van der Waals surface area contributed by atoms with Crippen molar-refractivity contribution in [3.8, 4) is 0 Å². The number of nitrogens with zero attached hydrogens (tertiary/aromatic N) is 1. The van der Waals surface area contributed by atoms with Gasteiger partial charge in [0, 0.05) is 69.1 Å². The van der Waals surface area contributed by atoms with Crippen LogP contribution >= 0.6 is 0 Å². The molecule has 1 nitrogen and oxygen atoms in total. The normalized spacial score (nSPS) is 0. The van der Waals surface area contributed by atoms with E-state index in [1.165, 1.54) is 0 Å². The largest absolute Gasteiger partial charge is 0 e. The molecule has 0 aliphatic rings. The molecule has 0 saturated heterocycles. The van der Waals surface area contributed by atoms with Crippen LogP contribution in [0.1, 0.15) is 0 Å². The van der Waals surface area contributed by atoms with E-state index in [0.717, 1.165) is 0 Å². The molecule has 14 valence electrons. The number of hydrogen-bond acceptors (Lipinski definition) is 0. The van der Waals surface area contributed by atoms with E-state index in [0.29, 0.717) is 0 Å². The van der Waals surface area contributed by atoms with Crippen molar-refractivity contribution >= 4 is 37.2 Å². The molecule has 0 unspecified atom stereocenters. The van der Waals surface area contributed by atoms with Gasteiger partial charge >= 0.3 is 0 Å². The molecule has 0 N–H and O–H groups in total. The fraction of sp³-hybridized carbons (Fsp3) is 0. The van der Waals surface area contributed by atoms with Crippen molar-refractivity contribution in [3.63, 3.8) is 0 Å². The van der Waals surface area contributed by atoms with Crippen LogP contribution in [0.5, 0.6) is 0 Å². The molecular formula is AlGaNSc. The summed E-state index contributed by atoms with van der Waals surface area (Å²) in [6, 6.07) is 0. The summed E-state index contributed by atoms with van der Waals surface area (Å²) in [7, 11) is 0. The summed E-state index contributed by atoms with van der Waals surface area (Å²) in [4.78, 5) is 0. The van der Waals surface area contributed by atoms with E-state index in [4.69, 9.17) is 0 Å². The van der Waals surface area contributed by atoms with Crippen molar-refractivity contribution in [2.24, 2.45) is 0 Å². The van der Waals surface area contributed by atoms with E-state index < -0.39 is 0 Å². The monoisotopic (exact) mass is 155 g/mol. The summed E-state index contributed by atoms with van der Waals surface area (Å²) in [6.07, 6.45) is 0. The first-order chi connectivity index (χ1) is 0. The molecule has 0 fully saturated rings.